The Labute approximate surface area is 111 Å². The van der Waals surface area contributed by atoms with Crippen molar-refractivity contribution in [3.8, 4) is 0 Å². The van der Waals surface area contributed by atoms with Crippen molar-refractivity contribution in [3.63, 3.8) is 0 Å². The number of aliphatic hydroxyl groups excluding tert-OH is 1. The van der Waals surface area contributed by atoms with Crippen molar-refractivity contribution in [3.05, 3.63) is 29.6 Å². The lowest BCUT2D eigenvalue weighted by molar-refractivity contribution is -0.149. The molecule has 0 radical (unpaired) electrons. The van der Waals surface area contributed by atoms with Crippen LogP contribution in [0.25, 0.3) is 0 Å². The van der Waals surface area contributed by atoms with Crippen molar-refractivity contribution < 1.29 is 19.4 Å². The Balaban J connectivity index is 1.97. The highest BCUT2D eigenvalue weighted by atomic mass is 16.5. The normalized spacial score (nSPS) is 36.5. The summed E-state index contributed by atoms with van der Waals surface area (Å²) >= 11 is 0. The summed E-state index contributed by atoms with van der Waals surface area (Å²) in [6.07, 6.45) is 1.17. The van der Waals surface area contributed by atoms with Crippen LogP contribution < -0.4 is 0 Å². The van der Waals surface area contributed by atoms with Crippen LogP contribution >= 0.6 is 0 Å². The lowest BCUT2D eigenvalue weighted by Crippen LogP contribution is -2.40. The number of nitrogens with zero attached hydrogens (tertiary/aromatic N) is 1. The number of methoxy groups -OCH3 is 1. The lowest BCUT2D eigenvalue weighted by atomic mass is 9.74. The maximum absolute atomic E-state index is 12.0. The summed E-state index contributed by atoms with van der Waals surface area (Å²) in [7, 11) is 1.37. The van der Waals surface area contributed by atoms with Gasteiger partial charge in [0.1, 0.15) is 0 Å². The van der Waals surface area contributed by atoms with Gasteiger partial charge in [0.25, 0.3) is 0 Å². The average molecular weight is 263 g/mol. The molecule has 2 fully saturated rings. The maximum Gasteiger partial charge on any atom is 0.312 e. The molecule has 5 heteroatoms. The van der Waals surface area contributed by atoms with E-state index in [2.05, 4.69) is 4.98 Å². The number of aryl methyl sites for hydroxylation is 1. The van der Waals surface area contributed by atoms with E-state index >= 15 is 0 Å². The number of ether oxygens (including phenoxy) is 2. The Morgan fingerprint density at radius 2 is 2.37 bits per heavy atom. The van der Waals surface area contributed by atoms with Crippen LogP contribution in [0.5, 0.6) is 0 Å². The standard InChI is InChI=1S/C14H17NO4/c1-7-5-8(3-4-15-7)11-10-6-9(16)13(19-10)12(11)14(17)18-2/h3-5,9-13,16H,6H2,1-2H3/t9-,10-,11-,12-,13+/m1/s1. The highest BCUT2D eigenvalue weighted by molar-refractivity contribution is 5.75. The molecule has 0 aliphatic carbocycles. The Morgan fingerprint density at radius 1 is 1.58 bits per heavy atom. The Kier molecular flexibility index (Phi) is 3.03. The molecular weight excluding hydrogens is 246 g/mol. The van der Waals surface area contributed by atoms with Crippen LogP contribution in [0.3, 0.4) is 0 Å². The molecule has 2 aliphatic rings. The van der Waals surface area contributed by atoms with Gasteiger partial charge in [-0.05, 0) is 24.6 Å². The van der Waals surface area contributed by atoms with Crippen molar-refractivity contribution in [1.82, 2.24) is 4.98 Å². The fraction of sp³-hybridized carbons (Fsp3) is 0.571. The molecule has 2 bridgehead atoms. The van der Waals surface area contributed by atoms with E-state index < -0.39 is 18.1 Å². The summed E-state index contributed by atoms with van der Waals surface area (Å²) in [6, 6.07) is 3.88. The number of hydrogen-bond donors (Lipinski definition) is 1. The number of fused-ring (bicyclic) bond motifs is 2. The summed E-state index contributed by atoms with van der Waals surface area (Å²) in [5.74, 6) is -0.797. The molecule has 19 heavy (non-hydrogen) atoms. The minimum Gasteiger partial charge on any atom is -0.469 e. The van der Waals surface area contributed by atoms with Gasteiger partial charge in [0.2, 0.25) is 0 Å². The number of pyridine rings is 1. The number of carbonyl (C=O) groups is 1. The van der Waals surface area contributed by atoms with Crippen LogP contribution in [-0.2, 0) is 14.3 Å². The first kappa shape index (κ1) is 12.6. The molecule has 1 aromatic rings. The van der Waals surface area contributed by atoms with Crippen molar-refractivity contribution in [2.24, 2.45) is 5.92 Å². The second-order valence-electron chi connectivity index (χ2n) is 5.25. The second-order valence-corrected chi connectivity index (χ2v) is 5.25. The van der Waals surface area contributed by atoms with Gasteiger partial charge in [-0.15, -0.1) is 0 Å². The van der Waals surface area contributed by atoms with E-state index in [1.807, 2.05) is 19.1 Å². The molecular formula is C14H17NO4. The molecule has 1 N–H and O–H groups in total. The number of esters is 1. The Hall–Kier alpha value is -1.46. The first-order valence-electron chi connectivity index (χ1n) is 6.45. The van der Waals surface area contributed by atoms with E-state index in [1.54, 1.807) is 6.20 Å². The lowest BCUT2D eigenvalue weighted by Gasteiger charge is -2.29. The number of rotatable bonds is 2. The number of hydrogen-bond acceptors (Lipinski definition) is 5. The van der Waals surface area contributed by atoms with Crippen LogP contribution in [-0.4, -0.2) is 41.5 Å². The minimum absolute atomic E-state index is 0.0532. The molecule has 3 rings (SSSR count). The summed E-state index contributed by atoms with van der Waals surface area (Å²) < 4.78 is 10.6. The Bertz CT molecular complexity index is 504. The Morgan fingerprint density at radius 3 is 3.05 bits per heavy atom. The zero-order valence-electron chi connectivity index (χ0n) is 10.9. The fourth-order valence-corrected chi connectivity index (χ4v) is 3.32. The average Bonchev–Trinajstić information content (AvgIpc) is 2.94. The summed E-state index contributed by atoms with van der Waals surface area (Å²) in [5, 5.41) is 9.91. The predicted molar refractivity (Wildman–Crippen MR) is 66.5 cm³/mol. The molecule has 102 valence electrons. The van der Waals surface area contributed by atoms with E-state index in [9.17, 15) is 9.90 Å². The van der Waals surface area contributed by atoms with Gasteiger partial charge in [-0.3, -0.25) is 9.78 Å². The third-order valence-electron chi connectivity index (χ3n) is 4.11. The highest BCUT2D eigenvalue weighted by Gasteiger charge is 2.57. The smallest absolute Gasteiger partial charge is 0.312 e. The summed E-state index contributed by atoms with van der Waals surface area (Å²) in [6.45, 7) is 1.92. The number of aliphatic hydroxyl groups is 1. The van der Waals surface area contributed by atoms with Gasteiger partial charge in [-0.2, -0.15) is 0 Å². The monoisotopic (exact) mass is 263 g/mol. The zero-order chi connectivity index (χ0) is 13.6. The maximum atomic E-state index is 12.0. The number of aromatic nitrogens is 1. The van der Waals surface area contributed by atoms with Gasteiger partial charge >= 0.3 is 5.97 Å². The van der Waals surface area contributed by atoms with E-state index in [0.29, 0.717) is 6.42 Å². The molecule has 0 amide bonds. The topological polar surface area (TPSA) is 68.7 Å². The van der Waals surface area contributed by atoms with E-state index in [1.165, 1.54) is 7.11 Å². The number of carbonyl (C=O) groups excluding carboxylic acids is 1. The van der Waals surface area contributed by atoms with Gasteiger partial charge in [0, 0.05) is 24.2 Å². The summed E-state index contributed by atoms with van der Waals surface area (Å²) in [4.78, 5) is 16.2. The van der Waals surface area contributed by atoms with Gasteiger partial charge in [-0.1, -0.05) is 0 Å². The van der Waals surface area contributed by atoms with E-state index in [-0.39, 0.29) is 18.0 Å². The van der Waals surface area contributed by atoms with Crippen molar-refractivity contribution in [1.29, 1.82) is 0 Å². The first-order chi connectivity index (χ1) is 9.11. The van der Waals surface area contributed by atoms with Crippen molar-refractivity contribution in [2.75, 3.05) is 7.11 Å². The fourth-order valence-electron chi connectivity index (χ4n) is 3.32. The molecule has 2 aliphatic heterocycles. The predicted octanol–water partition coefficient (Wildman–Crippen LogP) is 0.795. The van der Waals surface area contributed by atoms with Crippen molar-refractivity contribution >= 4 is 5.97 Å². The van der Waals surface area contributed by atoms with Crippen LogP contribution in [0, 0.1) is 12.8 Å². The second kappa shape index (κ2) is 4.58. The minimum atomic E-state index is -0.576. The summed E-state index contributed by atoms with van der Waals surface area (Å²) in [5.41, 5.74) is 1.94. The molecule has 0 unspecified atom stereocenters. The highest BCUT2D eigenvalue weighted by Crippen LogP contribution is 2.49. The molecule has 0 spiro atoms. The van der Waals surface area contributed by atoms with Gasteiger partial charge < -0.3 is 14.6 Å². The molecule has 2 saturated heterocycles. The van der Waals surface area contributed by atoms with Crippen LogP contribution in [0.15, 0.2) is 18.3 Å². The van der Waals surface area contributed by atoms with Crippen molar-refractivity contribution in [2.45, 2.75) is 37.6 Å². The zero-order valence-corrected chi connectivity index (χ0v) is 10.9. The molecule has 0 aromatic carbocycles. The molecule has 3 heterocycles. The first-order valence-corrected chi connectivity index (χ1v) is 6.45. The SMILES string of the molecule is COC(=O)[C@H]1[C@H]2O[C@H](C[C@H]2O)[C@H]1c1ccnc(C)c1. The quantitative estimate of drug-likeness (QED) is 0.799. The third-order valence-corrected chi connectivity index (χ3v) is 4.11. The largest absolute Gasteiger partial charge is 0.469 e. The van der Waals surface area contributed by atoms with E-state index in [4.69, 9.17) is 9.47 Å². The van der Waals surface area contributed by atoms with Gasteiger partial charge in [-0.25, -0.2) is 0 Å². The van der Waals surface area contributed by atoms with Crippen LogP contribution in [0.2, 0.25) is 0 Å². The van der Waals surface area contributed by atoms with Gasteiger partial charge in [0.15, 0.2) is 0 Å². The molecule has 0 saturated carbocycles. The molecule has 5 nitrogen and oxygen atoms in total. The third kappa shape index (κ3) is 1.93. The molecule has 1 aromatic heterocycles. The van der Waals surface area contributed by atoms with Crippen LogP contribution in [0.4, 0.5) is 0 Å². The van der Waals surface area contributed by atoms with E-state index in [0.717, 1.165) is 11.3 Å². The molecule has 5 atom stereocenters. The van der Waals surface area contributed by atoms with Crippen LogP contribution in [0.1, 0.15) is 23.6 Å². The van der Waals surface area contributed by atoms with Gasteiger partial charge in [0.05, 0.1) is 31.3 Å².